The highest BCUT2D eigenvalue weighted by Crippen LogP contribution is 2.20. The third-order valence-corrected chi connectivity index (χ3v) is 5.39. The van der Waals surface area contributed by atoms with Gasteiger partial charge in [0, 0.05) is 31.1 Å². The Kier molecular flexibility index (Phi) is 7.27. The molecule has 7 heteroatoms. The van der Waals surface area contributed by atoms with Crippen molar-refractivity contribution >= 4 is 29.7 Å². The summed E-state index contributed by atoms with van der Waals surface area (Å²) in [5, 5.41) is 6.57. The highest BCUT2D eigenvalue weighted by molar-refractivity contribution is 7.09. The molecule has 23 heavy (non-hydrogen) atoms. The number of aromatic nitrogens is 1. The Labute approximate surface area is 148 Å². The topological polar surface area (TPSA) is 48.5 Å². The zero-order valence-electron chi connectivity index (χ0n) is 13.8. The Balaban J connectivity index is 0.00000192. The number of likely N-dealkylation sites (tertiary alicyclic amines) is 1. The van der Waals surface area contributed by atoms with Crippen LogP contribution < -0.4 is 5.32 Å². The lowest BCUT2D eigenvalue weighted by molar-refractivity contribution is -0.135. The minimum Gasteiger partial charge on any atom is -0.336 e. The monoisotopic (exact) mass is 358 g/mol. The molecule has 0 radical (unpaired) electrons. The summed E-state index contributed by atoms with van der Waals surface area (Å²) in [4.78, 5) is 21.4. The maximum Gasteiger partial charge on any atom is 0.236 e. The highest BCUT2D eigenvalue weighted by atomic mass is 35.5. The first-order valence-corrected chi connectivity index (χ1v) is 9.30. The number of aryl methyl sites for hydroxylation is 1. The van der Waals surface area contributed by atoms with Gasteiger partial charge in [-0.15, -0.1) is 23.7 Å². The van der Waals surface area contributed by atoms with Gasteiger partial charge in [-0.3, -0.25) is 9.69 Å². The van der Waals surface area contributed by atoms with Crippen LogP contribution in [0.1, 0.15) is 36.9 Å². The van der Waals surface area contributed by atoms with Crippen LogP contribution in [0.2, 0.25) is 0 Å². The molecule has 1 aromatic heterocycles. The molecule has 0 bridgehead atoms. The molecule has 3 heterocycles. The van der Waals surface area contributed by atoms with Crippen LogP contribution in [0.3, 0.4) is 0 Å². The number of carbonyl (C=O) groups excluding carboxylic acids is 1. The predicted octanol–water partition coefficient (Wildman–Crippen LogP) is 1.91. The molecule has 3 rings (SSSR count). The van der Waals surface area contributed by atoms with E-state index < -0.39 is 0 Å². The van der Waals surface area contributed by atoms with Crippen LogP contribution >= 0.6 is 23.7 Å². The SMILES string of the molecule is CCCc1csc(CN2CCCC(N3CCNCC3=O)C2)n1.Cl. The lowest BCUT2D eigenvalue weighted by Crippen LogP contribution is -2.56. The lowest BCUT2D eigenvalue weighted by Gasteiger charge is -2.40. The molecule has 5 nitrogen and oxygen atoms in total. The zero-order chi connectivity index (χ0) is 15.4. The van der Waals surface area contributed by atoms with Gasteiger partial charge < -0.3 is 10.2 Å². The smallest absolute Gasteiger partial charge is 0.236 e. The number of halogens is 1. The van der Waals surface area contributed by atoms with Gasteiger partial charge in [0.05, 0.1) is 18.8 Å². The number of hydrogen-bond donors (Lipinski definition) is 1. The van der Waals surface area contributed by atoms with Gasteiger partial charge in [-0.25, -0.2) is 4.98 Å². The molecule has 0 saturated carbocycles. The quantitative estimate of drug-likeness (QED) is 0.873. The van der Waals surface area contributed by atoms with Crippen molar-refractivity contribution < 1.29 is 4.79 Å². The maximum absolute atomic E-state index is 12.1. The molecule has 1 aromatic rings. The third-order valence-electron chi connectivity index (χ3n) is 4.51. The standard InChI is InChI=1S/C16H26N4OS.ClH/c1-2-4-13-12-22-15(18-13)11-19-7-3-5-14(10-19)20-8-6-17-9-16(20)21;/h12,14,17H,2-11H2,1H3;1H. The van der Waals surface area contributed by atoms with E-state index in [2.05, 4.69) is 27.4 Å². The lowest BCUT2D eigenvalue weighted by atomic mass is 10.0. The second-order valence-electron chi connectivity index (χ2n) is 6.28. The first kappa shape index (κ1) is 18.6. The number of amides is 1. The van der Waals surface area contributed by atoms with Gasteiger partial charge >= 0.3 is 0 Å². The van der Waals surface area contributed by atoms with E-state index in [1.807, 2.05) is 0 Å². The number of thiazole rings is 1. The molecular weight excluding hydrogens is 332 g/mol. The maximum atomic E-state index is 12.1. The summed E-state index contributed by atoms with van der Waals surface area (Å²) in [5.74, 6) is 0.262. The van der Waals surface area contributed by atoms with E-state index in [1.165, 1.54) is 17.1 Å². The van der Waals surface area contributed by atoms with Gasteiger partial charge in [-0.1, -0.05) is 13.3 Å². The normalized spacial score (nSPS) is 22.9. The van der Waals surface area contributed by atoms with Crippen LogP contribution in [0.15, 0.2) is 5.38 Å². The van der Waals surface area contributed by atoms with Crippen molar-refractivity contribution in [1.82, 2.24) is 20.1 Å². The van der Waals surface area contributed by atoms with E-state index in [1.54, 1.807) is 11.3 Å². The molecule has 1 unspecified atom stereocenters. The fourth-order valence-corrected chi connectivity index (χ4v) is 4.29. The molecule has 2 aliphatic heterocycles. The molecule has 2 aliphatic rings. The number of hydrogen-bond acceptors (Lipinski definition) is 5. The minimum atomic E-state index is 0. The van der Waals surface area contributed by atoms with Gasteiger partial charge in [0.25, 0.3) is 0 Å². The molecule has 0 spiro atoms. The third kappa shape index (κ3) is 4.89. The van der Waals surface area contributed by atoms with Crippen molar-refractivity contribution in [3.63, 3.8) is 0 Å². The summed E-state index contributed by atoms with van der Waals surface area (Å²) < 4.78 is 0. The molecule has 2 fully saturated rings. The number of piperazine rings is 1. The number of rotatable bonds is 5. The van der Waals surface area contributed by atoms with Gasteiger partial charge in [-0.05, 0) is 25.8 Å². The summed E-state index contributed by atoms with van der Waals surface area (Å²) in [7, 11) is 0. The molecular formula is C16H27ClN4OS. The molecule has 1 amide bonds. The summed E-state index contributed by atoms with van der Waals surface area (Å²) >= 11 is 1.78. The number of nitrogens with zero attached hydrogens (tertiary/aromatic N) is 3. The summed E-state index contributed by atoms with van der Waals surface area (Å²) in [6.07, 6.45) is 4.55. The summed E-state index contributed by atoms with van der Waals surface area (Å²) in [6.45, 7) is 7.53. The molecule has 1 N–H and O–H groups in total. The summed E-state index contributed by atoms with van der Waals surface area (Å²) in [6, 6.07) is 0.387. The van der Waals surface area contributed by atoms with E-state index in [0.29, 0.717) is 12.6 Å². The van der Waals surface area contributed by atoms with Gasteiger partial charge in [-0.2, -0.15) is 0 Å². The number of nitrogens with one attached hydrogen (secondary N) is 1. The molecule has 0 aliphatic carbocycles. The second-order valence-corrected chi connectivity index (χ2v) is 7.22. The average Bonchev–Trinajstić information content (AvgIpc) is 2.96. The fraction of sp³-hybridized carbons (Fsp3) is 0.750. The van der Waals surface area contributed by atoms with Crippen LogP contribution in [0.5, 0.6) is 0 Å². The van der Waals surface area contributed by atoms with Crippen LogP contribution in [0.25, 0.3) is 0 Å². The largest absolute Gasteiger partial charge is 0.336 e. The number of carbonyl (C=O) groups is 1. The van der Waals surface area contributed by atoms with Crippen molar-refractivity contribution in [3.05, 3.63) is 16.1 Å². The van der Waals surface area contributed by atoms with Crippen molar-refractivity contribution in [2.24, 2.45) is 0 Å². The van der Waals surface area contributed by atoms with Crippen LogP contribution in [-0.4, -0.2) is 59.5 Å². The summed E-state index contributed by atoms with van der Waals surface area (Å²) in [5.41, 5.74) is 1.23. The Bertz CT molecular complexity index is 510. The first-order chi connectivity index (χ1) is 10.8. The van der Waals surface area contributed by atoms with Gasteiger partial charge in [0.15, 0.2) is 0 Å². The van der Waals surface area contributed by atoms with Crippen molar-refractivity contribution in [1.29, 1.82) is 0 Å². The Hall–Kier alpha value is -0.690. The van der Waals surface area contributed by atoms with E-state index in [-0.39, 0.29) is 18.3 Å². The Morgan fingerprint density at radius 2 is 2.30 bits per heavy atom. The predicted molar refractivity (Wildman–Crippen MR) is 96.2 cm³/mol. The Morgan fingerprint density at radius 1 is 1.43 bits per heavy atom. The molecule has 1 atom stereocenters. The van der Waals surface area contributed by atoms with E-state index >= 15 is 0 Å². The first-order valence-electron chi connectivity index (χ1n) is 8.42. The van der Waals surface area contributed by atoms with Crippen LogP contribution in [0, 0.1) is 0 Å². The van der Waals surface area contributed by atoms with Crippen LogP contribution in [0.4, 0.5) is 0 Å². The fourth-order valence-electron chi connectivity index (χ4n) is 3.42. The van der Waals surface area contributed by atoms with Crippen LogP contribution in [-0.2, 0) is 17.8 Å². The van der Waals surface area contributed by atoms with Crippen molar-refractivity contribution in [2.75, 3.05) is 32.7 Å². The van der Waals surface area contributed by atoms with E-state index in [9.17, 15) is 4.79 Å². The second kappa shape index (κ2) is 8.97. The Morgan fingerprint density at radius 3 is 3.09 bits per heavy atom. The average molecular weight is 359 g/mol. The molecule has 0 aromatic carbocycles. The van der Waals surface area contributed by atoms with Gasteiger partial charge in [0.1, 0.15) is 5.01 Å². The van der Waals surface area contributed by atoms with E-state index in [0.717, 1.165) is 52.0 Å². The molecule has 2 saturated heterocycles. The zero-order valence-corrected chi connectivity index (χ0v) is 15.4. The van der Waals surface area contributed by atoms with Crippen molar-refractivity contribution in [2.45, 2.75) is 45.2 Å². The molecule has 130 valence electrons. The highest BCUT2D eigenvalue weighted by Gasteiger charge is 2.30. The van der Waals surface area contributed by atoms with E-state index in [4.69, 9.17) is 4.98 Å². The minimum absolute atomic E-state index is 0. The number of piperidine rings is 1. The van der Waals surface area contributed by atoms with Gasteiger partial charge in [0.2, 0.25) is 5.91 Å². The van der Waals surface area contributed by atoms with Crippen molar-refractivity contribution in [3.8, 4) is 0 Å².